The van der Waals surface area contributed by atoms with E-state index >= 15 is 0 Å². The van der Waals surface area contributed by atoms with Crippen molar-refractivity contribution in [3.63, 3.8) is 0 Å². The Morgan fingerprint density at radius 1 is 1.32 bits per heavy atom. The van der Waals surface area contributed by atoms with Gasteiger partial charge >= 0.3 is 5.97 Å². The molecule has 7 heteroatoms. The second-order valence-electron chi connectivity index (χ2n) is 8.63. The molecule has 0 radical (unpaired) electrons. The van der Waals surface area contributed by atoms with Gasteiger partial charge < -0.3 is 20.5 Å². The number of carbonyl (C=O) groups is 1. The van der Waals surface area contributed by atoms with E-state index in [1.807, 2.05) is 12.1 Å². The molecule has 0 aromatic carbocycles. The molecule has 2 aliphatic rings. The number of aliphatic carboxylic acids is 1. The van der Waals surface area contributed by atoms with E-state index in [1.54, 1.807) is 12.4 Å². The maximum absolute atomic E-state index is 11.5. The molecule has 1 fully saturated rings. The van der Waals surface area contributed by atoms with Crippen LogP contribution in [0.3, 0.4) is 0 Å². The van der Waals surface area contributed by atoms with Gasteiger partial charge in [0.05, 0.1) is 6.10 Å². The zero-order chi connectivity index (χ0) is 21.5. The lowest BCUT2D eigenvalue weighted by Crippen LogP contribution is -2.38. The normalized spacial score (nSPS) is 20.9. The number of fused-ring (bicyclic) bond motifs is 1. The summed E-state index contributed by atoms with van der Waals surface area (Å²) in [5, 5.41) is 15.9. The maximum atomic E-state index is 11.5. The van der Waals surface area contributed by atoms with E-state index in [-0.39, 0.29) is 6.10 Å². The van der Waals surface area contributed by atoms with Crippen LogP contribution in [0.25, 0.3) is 0 Å². The first-order valence-electron chi connectivity index (χ1n) is 11.4. The highest BCUT2D eigenvalue weighted by Crippen LogP contribution is 2.34. The average Bonchev–Trinajstić information content (AvgIpc) is 2.77. The summed E-state index contributed by atoms with van der Waals surface area (Å²) in [7, 11) is 0. The predicted molar refractivity (Wildman–Crippen MR) is 119 cm³/mol. The lowest BCUT2D eigenvalue weighted by Gasteiger charge is -2.35. The van der Waals surface area contributed by atoms with Crippen molar-refractivity contribution in [3.05, 3.63) is 53.5 Å². The standard InChI is InChI=1S/C24H32N4O3/c29-24(30)22(27-16-18-3-1-10-25-15-18)9-12-31-21-13-17(14-21)5-7-20-8-6-19-4-2-11-26-23(19)28-20/h1,3,6,8,10,15,17,21-22,27H,2,4-5,7,9,11-14,16H2,(H,26,28)(H,29,30). The Morgan fingerprint density at radius 3 is 3.03 bits per heavy atom. The number of pyridine rings is 2. The molecule has 0 saturated heterocycles. The van der Waals surface area contributed by atoms with Gasteiger partial charge in [0, 0.05) is 37.8 Å². The maximum Gasteiger partial charge on any atom is 0.320 e. The Kier molecular flexibility index (Phi) is 7.48. The highest BCUT2D eigenvalue weighted by molar-refractivity contribution is 5.73. The molecule has 0 spiro atoms. The number of ether oxygens (including phenoxy) is 1. The van der Waals surface area contributed by atoms with E-state index in [0.717, 1.165) is 50.0 Å². The lowest BCUT2D eigenvalue weighted by atomic mass is 9.79. The van der Waals surface area contributed by atoms with Crippen molar-refractivity contribution in [2.24, 2.45) is 5.92 Å². The van der Waals surface area contributed by atoms with Crippen molar-refractivity contribution in [1.29, 1.82) is 0 Å². The Balaban J connectivity index is 1.11. The van der Waals surface area contributed by atoms with Crippen LogP contribution in [0.1, 0.15) is 48.9 Å². The van der Waals surface area contributed by atoms with Crippen LogP contribution in [-0.4, -0.2) is 46.3 Å². The van der Waals surface area contributed by atoms with Gasteiger partial charge in [0.15, 0.2) is 0 Å². The van der Waals surface area contributed by atoms with Crippen molar-refractivity contribution in [2.45, 2.75) is 63.6 Å². The third kappa shape index (κ3) is 6.24. The van der Waals surface area contributed by atoms with Gasteiger partial charge in [-0.25, -0.2) is 4.98 Å². The summed E-state index contributed by atoms with van der Waals surface area (Å²) in [4.78, 5) is 20.3. The molecule has 1 aliphatic carbocycles. The zero-order valence-electron chi connectivity index (χ0n) is 17.9. The first-order chi connectivity index (χ1) is 15.2. The quantitative estimate of drug-likeness (QED) is 0.510. The van der Waals surface area contributed by atoms with Crippen LogP contribution in [0.15, 0.2) is 36.7 Å². The van der Waals surface area contributed by atoms with E-state index in [1.165, 1.54) is 17.7 Å². The van der Waals surface area contributed by atoms with Crippen LogP contribution in [-0.2, 0) is 28.9 Å². The second-order valence-corrected chi connectivity index (χ2v) is 8.63. The van der Waals surface area contributed by atoms with Crippen molar-refractivity contribution >= 4 is 11.8 Å². The summed E-state index contributed by atoms with van der Waals surface area (Å²) >= 11 is 0. The van der Waals surface area contributed by atoms with Crippen LogP contribution in [0.5, 0.6) is 0 Å². The SMILES string of the molecule is O=C(O)C(CCOC1CC(CCc2ccc3c(n2)NCCC3)C1)NCc1cccnc1. The van der Waals surface area contributed by atoms with E-state index in [9.17, 15) is 9.90 Å². The van der Waals surface area contributed by atoms with Gasteiger partial charge in [-0.3, -0.25) is 9.78 Å². The number of nitrogens with zero attached hydrogens (tertiary/aromatic N) is 2. The van der Waals surface area contributed by atoms with Gasteiger partial charge in [0.25, 0.3) is 0 Å². The molecule has 1 saturated carbocycles. The monoisotopic (exact) mass is 424 g/mol. The van der Waals surface area contributed by atoms with Crippen molar-refractivity contribution < 1.29 is 14.6 Å². The molecule has 31 heavy (non-hydrogen) atoms. The second kappa shape index (κ2) is 10.7. The van der Waals surface area contributed by atoms with E-state index < -0.39 is 12.0 Å². The third-order valence-corrected chi connectivity index (χ3v) is 6.29. The van der Waals surface area contributed by atoms with Gasteiger partial charge in [0.2, 0.25) is 0 Å². The van der Waals surface area contributed by atoms with Gasteiger partial charge in [-0.2, -0.15) is 0 Å². The molecule has 1 unspecified atom stereocenters. The average molecular weight is 425 g/mol. The number of carboxylic acids is 1. The number of rotatable bonds is 11. The molecular weight excluding hydrogens is 392 g/mol. The molecule has 4 rings (SSSR count). The smallest absolute Gasteiger partial charge is 0.320 e. The topological polar surface area (TPSA) is 96.4 Å². The summed E-state index contributed by atoms with van der Waals surface area (Å²) in [6.07, 6.45) is 10.7. The molecular formula is C24H32N4O3. The summed E-state index contributed by atoms with van der Waals surface area (Å²) in [5.41, 5.74) is 3.48. The number of aryl methyl sites for hydroxylation is 2. The summed E-state index contributed by atoms with van der Waals surface area (Å²) < 4.78 is 5.93. The number of aromatic nitrogens is 2. The summed E-state index contributed by atoms with van der Waals surface area (Å²) in [6.45, 7) is 1.97. The molecule has 0 bridgehead atoms. The molecule has 3 N–H and O–H groups in total. The fraction of sp³-hybridized carbons (Fsp3) is 0.542. The minimum absolute atomic E-state index is 0.260. The number of anilines is 1. The van der Waals surface area contributed by atoms with Crippen LogP contribution in [0, 0.1) is 5.92 Å². The Hall–Kier alpha value is -2.51. The Bertz CT molecular complexity index is 855. The third-order valence-electron chi connectivity index (χ3n) is 6.29. The molecule has 3 heterocycles. The highest BCUT2D eigenvalue weighted by atomic mass is 16.5. The molecule has 1 aliphatic heterocycles. The summed E-state index contributed by atoms with van der Waals surface area (Å²) in [5.74, 6) is 0.907. The minimum Gasteiger partial charge on any atom is -0.480 e. The zero-order valence-corrected chi connectivity index (χ0v) is 17.9. The van der Waals surface area contributed by atoms with Crippen LogP contribution >= 0.6 is 0 Å². The van der Waals surface area contributed by atoms with Gasteiger partial charge in [-0.15, -0.1) is 0 Å². The number of carboxylic acid groups (broad SMARTS) is 1. The Morgan fingerprint density at radius 2 is 2.23 bits per heavy atom. The first kappa shape index (κ1) is 21.7. The molecule has 0 amide bonds. The van der Waals surface area contributed by atoms with Gasteiger partial charge in [-0.05, 0) is 74.1 Å². The van der Waals surface area contributed by atoms with Crippen LogP contribution < -0.4 is 10.6 Å². The molecule has 2 aromatic heterocycles. The Labute approximate surface area is 183 Å². The fourth-order valence-electron chi connectivity index (χ4n) is 4.32. The van der Waals surface area contributed by atoms with Crippen molar-refractivity contribution in [1.82, 2.24) is 15.3 Å². The fourth-order valence-corrected chi connectivity index (χ4v) is 4.32. The summed E-state index contributed by atoms with van der Waals surface area (Å²) in [6, 6.07) is 7.56. The van der Waals surface area contributed by atoms with E-state index in [0.29, 0.717) is 25.5 Å². The van der Waals surface area contributed by atoms with Gasteiger partial charge in [-0.1, -0.05) is 12.1 Å². The number of hydrogen-bond acceptors (Lipinski definition) is 6. The van der Waals surface area contributed by atoms with Crippen molar-refractivity contribution in [3.8, 4) is 0 Å². The predicted octanol–water partition coefficient (Wildman–Crippen LogP) is 3.20. The number of nitrogens with one attached hydrogen (secondary N) is 2. The first-order valence-corrected chi connectivity index (χ1v) is 11.4. The van der Waals surface area contributed by atoms with Crippen LogP contribution in [0.2, 0.25) is 0 Å². The van der Waals surface area contributed by atoms with E-state index in [2.05, 4.69) is 27.8 Å². The van der Waals surface area contributed by atoms with Crippen molar-refractivity contribution in [2.75, 3.05) is 18.5 Å². The van der Waals surface area contributed by atoms with Gasteiger partial charge in [0.1, 0.15) is 11.9 Å². The van der Waals surface area contributed by atoms with E-state index in [4.69, 9.17) is 9.72 Å². The molecule has 7 nitrogen and oxygen atoms in total. The molecule has 1 atom stereocenters. The molecule has 2 aromatic rings. The molecule has 166 valence electrons. The highest BCUT2D eigenvalue weighted by Gasteiger charge is 2.30. The minimum atomic E-state index is -0.842. The largest absolute Gasteiger partial charge is 0.480 e. The van der Waals surface area contributed by atoms with Crippen LogP contribution in [0.4, 0.5) is 5.82 Å². The lowest BCUT2D eigenvalue weighted by molar-refractivity contribution is -0.140. The number of hydrogen-bond donors (Lipinski definition) is 3.